The van der Waals surface area contributed by atoms with Crippen molar-refractivity contribution in [3.05, 3.63) is 58.4 Å². The van der Waals surface area contributed by atoms with Crippen LogP contribution in [0, 0.1) is 5.82 Å². The van der Waals surface area contributed by atoms with Gasteiger partial charge in [-0.15, -0.1) is 0 Å². The molecular formula is C19H20ClFN2O4. The zero-order chi connectivity index (χ0) is 19.8. The molecule has 0 bridgehead atoms. The van der Waals surface area contributed by atoms with Gasteiger partial charge in [-0.2, -0.15) is 0 Å². The van der Waals surface area contributed by atoms with Crippen LogP contribution in [-0.2, 0) is 11.3 Å². The van der Waals surface area contributed by atoms with E-state index in [-0.39, 0.29) is 29.5 Å². The fourth-order valence-electron chi connectivity index (χ4n) is 2.32. The second kappa shape index (κ2) is 9.78. The van der Waals surface area contributed by atoms with Crippen molar-refractivity contribution in [1.29, 1.82) is 0 Å². The topological polar surface area (TPSA) is 76.7 Å². The van der Waals surface area contributed by atoms with E-state index >= 15 is 0 Å². The highest BCUT2D eigenvalue weighted by Crippen LogP contribution is 2.22. The molecule has 8 heteroatoms. The molecule has 0 saturated heterocycles. The number of carbonyl (C=O) groups is 2. The molecule has 144 valence electrons. The Morgan fingerprint density at radius 1 is 1.04 bits per heavy atom. The number of amides is 2. The van der Waals surface area contributed by atoms with E-state index in [1.807, 2.05) is 0 Å². The average Bonchev–Trinajstić information content (AvgIpc) is 2.65. The lowest BCUT2D eigenvalue weighted by molar-refractivity contribution is -0.121. The molecule has 2 N–H and O–H groups in total. The summed E-state index contributed by atoms with van der Waals surface area (Å²) in [4.78, 5) is 24.0. The molecule has 0 aliphatic heterocycles. The van der Waals surface area contributed by atoms with Crippen molar-refractivity contribution in [3.63, 3.8) is 0 Å². The van der Waals surface area contributed by atoms with Crippen molar-refractivity contribution in [1.82, 2.24) is 10.6 Å². The molecule has 0 aliphatic carbocycles. The van der Waals surface area contributed by atoms with Gasteiger partial charge in [0.05, 0.1) is 24.8 Å². The zero-order valence-electron chi connectivity index (χ0n) is 15.0. The van der Waals surface area contributed by atoms with Gasteiger partial charge in [0.15, 0.2) is 0 Å². The van der Waals surface area contributed by atoms with Crippen LogP contribution in [0.15, 0.2) is 36.4 Å². The van der Waals surface area contributed by atoms with Crippen LogP contribution in [0.2, 0.25) is 5.02 Å². The third kappa shape index (κ3) is 6.14. The van der Waals surface area contributed by atoms with E-state index in [0.29, 0.717) is 18.0 Å². The van der Waals surface area contributed by atoms with Gasteiger partial charge < -0.3 is 20.1 Å². The molecule has 0 atom stereocenters. The highest BCUT2D eigenvalue weighted by atomic mass is 35.5. The molecule has 6 nitrogen and oxygen atoms in total. The lowest BCUT2D eigenvalue weighted by Gasteiger charge is -2.10. The van der Waals surface area contributed by atoms with Gasteiger partial charge in [0.1, 0.15) is 17.3 Å². The predicted molar refractivity (Wildman–Crippen MR) is 99.8 cm³/mol. The molecule has 0 aliphatic rings. The summed E-state index contributed by atoms with van der Waals surface area (Å²) in [5.41, 5.74) is 0.976. The first-order chi connectivity index (χ1) is 12.9. The van der Waals surface area contributed by atoms with E-state index < -0.39 is 11.7 Å². The summed E-state index contributed by atoms with van der Waals surface area (Å²) >= 11 is 5.83. The Bertz CT molecular complexity index is 807. The molecule has 0 saturated carbocycles. The van der Waals surface area contributed by atoms with Crippen LogP contribution in [0.4, 0.5) is 4.39 Å². The minimum absolute atomic E-state index is 0.0175. The van der Waals surface area contributed by atoms with E-state index in [0.717, 1.165) is 17.7 Å². The second-order valence-corrected chi connectivity index (χ2v) is 6.03. The fraction of sp³-hybridized carbons (Fsp3) is 0.263. The Morgan fingerprint density at radius 2 is 1.70 bits per heavy atom. The van der Waals surface area contributed by atoms with Gasteiger partial charge in [-0.05, 0) is 35.9 Å². The average molecular weight is 395 g/mol. The van der Waals surface area contributed by atoms with Gasteiger partial charge in [-0.1, -0.05) is 11.6 Å². The van der Waals surface area contributed by atoms with Crippen molar-refractivity contribution in [2.45, 2.75) is 13.0 Å². The number of carbonyl (C=O) groups excluding carboxylic acids is 2. The Balaban J connectivity index is 1.80. The standard InChI is InChI=1S/C19H20ClFN2O4/c1-26-14-7-12(8-15(10-14)27-2)11-23-18(24)5-6-22-19(25)16-4-3-13(21)9-17(16)20/h3-4,7-10H,5-6,11H2,1-2H3,(H,22,25)(H,23,24). The number of nitrogens with one attached hydrogen (secondary N) is 2. The normalized spacial score (nSPS) is 10.2. The van der Waals surface area contributed by atoms with Crippen LogP contribution in [-0.4, -0.2) is 32.6 Å². The first-order valence-electron chi connectivity index (χ1n) is 8.15. The predicted octanol–water partition coefficient (Wildman–Crippen LogP) is 2.93. The minimum Gasteiger partial charge on any atom is -0.497 e. The molecule has 2 rings (SSSR count). The van der Waals surface area contributed by atoms with E-state index in [9.17, 15) is 14.0 Å². The number of hydrogen-bond acceptors (Lipinski definition) is 4. The largest absolute Gasteiger partial charge is 0.497 e. The van der Waals surface area contributed by atoms with Crippen molar-refractivity contribution in [3.8, 4) is 11.5 Å². The van der Waals surface area contributed by atoms with Crippen molar-refractivity contribution < 1.29 is 23.5 Å². The molecule has 0 heterocycles. The first-order valence-corrected chi connectivity index (χ1v) is 8.52. The molecule has 27 heavy (non-hydrogen) atoms. The number of halogens is 2. The van der Waals surface area contributed by atoms with Crippen LogP contribution in [0.1, 0.15) is 22.3 Å². The Morgan fingerprint density at radius 3 is 2.30 bits per heavy atom. The molecular weight excluding hydrogens is 375 g/mol. The van der Waals surface area contributed by atoms with Crippen molar-refractivity contribution in [2.24, 2.45) is 0 Å². The molecule has 0 fully saturated rings. The molecule has 2 amide bonds. The molecule has 0 unspecified atom stereocenters. The highest BCUT2D eigenvalue weighted by molar-refractivity contribution is 6.33. The number of methoxy groups -OCH3 is 2. The van der Waals surface area contributed by atoms with Crippen molar-refractivity contribution in [2.75, 3.05) is 20.8 Å². The number of ether oxygens (including phenoxy) is 2. The van der Waals surface area contributed by atoms with Crippen LogP contribution >= 0.6 is 11.6 Å². The van der Waals surface area contributed by atoms with E-state index in [2.05, 4.69) is 10.6 Å². The lowest BCUT2D eigenvalue weighted by Crippen LogP contribution is -2.30. The number of benzene rings is 2. The molecule has 2 aromatic carbocycles. The van der Waals surface area contributed by atoms with Crippen LogP contribution in [0.3, 0.4) is 0 Å². The Kier molecular flexibility index (Phi) is 7.43. The highest BCUT2D eigenvalue weighted by Gasteiger charge is 2.11. The van der Waals surface area contributed by atoms with E-state index in [4.69, 9.17) is 21.1 Å². The van der Waals surface area contributed by atoms with E-state index in [1.165, 1.54) is 6.07 Å². The lowest BCUT2D eigenvalue weighted by atomic mass is 10.2. The summed E-state index contributed by atoms with van der Waals surface area (Å²) in [5.74, 6) is 0.0294. The third-order valence-corrected chi connectivity index (χ3v) is 4.03. The fourth-order valence-corrected chi connectivity index (χ4v) is 2.57. The van der Waals surface area contributed by atoms with Crippen LogP contribution in [0.5, 0.6) is 11.5 Å². The molecule has 0 radical (unpaired) electrons. The SMILES string of the molecule is COc1cc(CNC(=O)CCNC(=O)c2ccc(F)cc2Cl)cc(OC)c1. The summed E-state index contributed by atoms with van der Waals surface area (Å²) < 4.78 is 23.4. The maximum absolute atomic E-state index is 13.0. The first kappa shape index (κ1) is 20.5. The Hall–Kier alpha value is -2.80. The minimum atomic E-state index is -0.523. The van der Waals surface area contributed by atoms with Gasteiger partial charge in [0.2, 0.25) is 5.91 Å². The summed E-state index contributed by atoms with van der Waals surface area (Å²) in [6.45, 7) is 0.421. The van der Waals surface area contributed by atoms with Gasteiger partial charge in [-0.25, -0.2) is 4.39 Å². The molecule has 0 spiro atoms. The monoisotopic (exact) mass is 394 g/mol. The zero-order valence-corrected chi connectivity index (χ0v) is 15.7. The quantitative estimate of drug-likeness (QED) is 0.721. The smallest absolute Gasteiger partial charge is 0.252 e. The van der Waals surface area contributed by atoms with Gasteiger partial charge >= 0.3 is 0 Å². The molecule has 0 aromatic heterocycles. The second-order valence-electron chi connectivity index (χ2n) is 5.63. The summed E-state index contributed by atoms with van der Waals surface area (Å²) in [6.07, 6.45) is 0.0889. The summed E-state index contributed by atoms with van der Waals surface area (Å²) in [7, 11) is 3.10. The number of rotatable bonds is 8. The maximum atomic E-state index is 13.0. The third-order valence-electron chi connectivity index (χ3n) is 3.71. The van der Waals surface area contributed by atoms with Crippen LogP contribution in [0.25, 0.3) is 0 Å². The van der Waals surface area contributed by atoms with Gasteiger partial charge in [0.25, 0.3) is 5.91 Å². The van der Waals surface area contributed by atoms with Crippen molar-refractivity contribution >= 4 is 23.4 Å². The number of hydrogen-bond donors (Lipinski definition) is 2. The molecule has 2 aromatic rings. The summed E-state index contributed by atoms with van der Waals surface area (Å²) in [6, 6.07) is 8.83. The Labute approximate surface area is 161 Å². The van der Waals surface area contributed by atoms with Gasteiger partial charge in [0, 0.05) is 25.6 Å². The van der Waals surface area contributed by atoms with Crippen LogP contribution < -0.4 is 20.1 Å². The maximum Gasteiger partial charge on any atom is 0.252 e. The van der Waals surface area contributed by atoms with Gasteiger partial charge in [-0.3, -0.25) is 9.59 Å². The summed E-state index contributed by atoms with van der Waals surface area (Å²) in [5, 5.41) is 5.35. The van der Waals surface area contributed by atoms with E-state index in [1.54, 1.807) is 32.4 Å².